The van der Waals surface area contributed by atoms with E-state index >= 15 is 0 Å². The summed E-state index contributed by atoms with van der Waals surface area (Å²) in [6.07, 6.45) is 75.6. The summed E-state index contributed by atoms with van der Waals surface area (Å²) in [6.45, 7) is 17.4. The maximum Gasteiger partial charge on any atom is 0.248 e. The number of benzene rings is 4. The Morgan fingerprint density at radius 1 is 0.162 bits per heavy atom. The third-order valence-electron chi connectivity index (χ3n) is 23.1. The summed E-state index contributed by atoms with van der Waals surface area (Å²) >= 11 is 0. The highest BCUT2D eigenvalue weighted by atomic mass is 16.5. The number of hydrogen-bond donors (Lipinski definition) is 0. The van der Waals surface area contributed by atoms with Crippen molar-refractivity contribution in [2.24, 2.45) is 0 Å². The van der Waals surface area contributed by atoms with Crippen LogP contribution in [0, 0.1) is 0 Å². The molecule has 15 nitrogen and oxygen atoms in total. The first-order valence-electron chi connectivity index (χ1n) is 48.8. The van der Waals surface area contributed by atoms with Gasteiger partial charge in [0.2, 0.25) is 35.3 Å². The van der Waals surface area contributed by atoms with E-state index in [1.54, 1.807) is 0 Å². The van der Waals surface area contributed by atoms with Crippen molar-refractivity contribution in [3.05, 3.63) is 72.8 Å². The van der Waals surface area contributed by atoms with Gasteiger partial charge in [0.25, 0.3) is 0 Å². The minimum atomic E-state index is 0.275. The Bertz CT molecular complexity index is 3170. The summed E-state index contributed by atoms with van der Waals surface area (Å²) in [5.41, 5.74) is 3.94. The van der Waals surface area contributed by atoms with Gasteiger partial charge in [-0.3, -0.25) is 0 Å². The average molecular weight is 1620 g/mol. The van der Waals surface area contributed by atoms with E-state index in [1.807, 2.05) is 72.8 Å². The zero-order chi connectivity index (χ0) is 82.2. The van der Waals surface area contributed by atoms with Gasteiger partial charge in [0.15, 0.2) is 34.5 Å². The second kappa shape index (κ2) is 65.0. The maximum absolute atomic E-state index is 6.72. The van der Waals surface area contributed by atoms with E-state index in [2.05, 4.69) is 41.5 Å². The molecule has 4 aromatic carbocycles. The van der Waals surface area contributed by atoms with Crippen molar-refractivity contribution < 1.29 is 41.7 Å². The first kappa shape index (κ1) is 97.2. The van der Waals surface area contributed by atoms with Gasteiger partial charge in [-0.15, -0.1) is 30.6 Å². The molecule has 117 heavy (non-hydrogen) atoms. The Kier molecular flexibility index (Phi) is 54.0. The Balaban J connectivity index is 1.15. The molecule has 0 N–H and O–H groups in total. The van der Waals surface area contributed by atoms with Gasteiger partial charge in [-0.25, -0.2) is 0 Å². The molecule has 0 amide bonds. The minimum absolute atomic E-state index is 0.275. The molecule has 3 heterocycles. The topological polar surface area (TPSA) is 172 Å². The molecule has 0 unspecified atom stereocenters. The standard InChI is InChI=1S/C102H162N6O9/c1-7-13-19-25-31-37-43-49-55-61-73-109-91-70-67-85(82-94(91)112-76-64-58-52-46-40-34-28-22-16-10-4)97-103-106-100(115-97)88-79-89(101-107-104-98(116-101)86-68-71-92(110-74-62-56-50-44-38-32-26-20-14-8-2)95(83-86)113-77-65-59-53-47-41-35-29-23-17-11-5)81-90(80-88)102-108-105-99(117-102)87-69-72-93(111-75-63-57-51-45-39-33-27-21-15-9-3)96(84-87)114-78-66-60-54-48-42-36-30-24-18-12-6/h67-72,79-84H,7-66,73-78H2,1-6H3. The molecule has 0 atom stereocenters. The molecule has 0 aliphatic carbocycles. The van der Waals surface area contributed by atoms with E-state index in [0.717, 1.165) is 111 Å². The van der Waals surface area contributed by atoms with Crippen LogP contribution >= 0.6 is 0 Å². The summed E-state index contributed by atoms with van der Waals surface area (Å²) in [4.78, 5) is 0. The Labute approximate surface area is 710 Å². The molecule has 0 aliphatic rings. The van der Waals surface area contributed by atoms with Crippen molar-refractivity contribution in [1.29, 1.82) is 0 Å². The molecule has 654 valence electrons. The van der Waals surface area contributed by atoms with Gasteiger partial charge in [-0.1, -0.05) is 388 Å². The third kappa shape index (κ3) is 41.8. The summed E-state index contributed by atoms with van der Waals surface area (Å²) in [6, 6.07) is 23.7. The van der Waals surface area contributed by atoms with Crippen molar-refractivity contribution >= 4 is 0 Å². The fourth-order valence-corrected chi connectivity index (χ4v) is 15.6. The van der Waals surface area contributed by atoms with Crippen LogP contribution in [0.1, 0.15) is 427 Å². The molecule has 0 bridgehead atoms. The highest BCUT2D eigenvalue weighted by Crippen LogP contribution is 2.40. The monoisotopic (exact) mass is 1620 g/mol. The van der Waals surface area contributed by atoms with Gasteiger partial charge in [0.1, 0.15) is 0 Å². The molecule has 0 fully saturated rings. The highest BCUT2D eigenvalue weighted by molar-refractivity contribution is 5.75. The average Bonchev–Trinajstić information content (AvgIpc) is 1.65. The molecule has 0 aliphatic heterocycles. The van der Waals surface area contributed by atoms with E-state index in [0.29, 0.717) is 91.3 Å². The molecule has 0 saturated carbocycles. The summed E-state index contributed by atoms with van der Waals surface area (Å²) < 4.78 is 59.6. The van der Waals surface area contributed by atoms with Gasteiger partial charge >= 0.3 is 0 Å². The molecule has 7 rings (SSSR count). The van der Waals surface area contributed by atoms with Crippen molar-refractivity contribution in [2.45, 2.75) is 427 Å². The summed E-state index contributed by atoms with van der Waals surface area (Å²) in [5, 5.41) is 28.3. The van der Waals surface area contributed by atoms with Crippen LogP contribution in [0.3, 0.4) is 0 Å². The van der Waals surface area contributed by atoms with E-state index in [1.165, 1.54) is 308 Å². The lowest BCUT2D eigenvalue weighted by Crippen LogP contribution is -2.03. The van der Waals surface area contributed by atoms with E-state index in [9.17, 15) is 0 Å². The molecule has 3 aromatic heterocycles. The lowest BCUT2D eigenvalue weighted by atomic mass is 10.1. The van der Waals surface area contributed by atoms with Crippen LogP contribution in [0.5, 0.6) is 34.5 Å². The number of ether oxygens (including phenoxy) is 6. The quantitative estimate of drug-likeness (QED) is 0.0329. The summed E-state index contributed by atoms with van der Waals surface area (Å²) in [5.74, 6) is 6.06. The number of aromatic nitrogens is 6. The van der Waals surface area contributed by atoms with Crippen LogP contribution in [0.25, 0.3) is 68.7 Å². The SMILES string of the molecule is CCCCCCCCCCCCOc1ccc(-c2nnc(-c3cc(-c4nnc(-c5ccc(OCCCCCCCCCCCC)c(OCCCCCCCCCCCC)c5)o4)cc(-c4nnc(-c5ccc(OCCCCCCCCCCCC)c(OCCCCCCCCCCCC)c5)o4)c3)o2)cc1OCCCCCCCCCCCC. The first-order valence-corrected chi connectivity index (χ1v) is 48.8. The first-order chi connectivity index (χ1) is 57.9. The van der Waals surface area contributed by atoms with Gasteiger partial charge in [-0.2, -0.15) is 0 Å². The van der Waals surface area contributed by atoms with Gasteiger partial charge in [0.05, 0.1) is 39.6 Å². The predicted octanol–water partition coefficient (Wildman–Crippen LogP) is 32.6. The Hall–Kier alpha value is -6.90. The van der Waals surface area contributed by atoms with Crippen LogP contribution in [0.15, 0.2) is 86.0 Å². The van der Waals surface area contributed by atoms with Crippen molar-refractivity contribution in [3.63, 3.8) is 0 Å². The van der Waals surface area contributed by atoms with E-state index in [-0.39, 0.29) is 17.7 Å². The molecule has 0 spiro atoms. The van der Waals surface area contributed by atoms with E-state index < -0.39 is 0 Å². The van der Waals surface area contributed by atoms with Gasteiger partial charge in [-0.05, 0) is 111 Å². The van der Waals surface area contributed by atoms with Crippen molar-refractivity contribution in [3.8, 4) is 103 Å². The lowest BCUT2D eigenvalue weighted by molar-refractivity contribution is 0.258. The van der Waals surface area contributed by atoms with Crippen molar-refractivity contribution in [1.82, 2.24) is 30.6 Å². The predicted molar refractivity (Wildman–Crippen MR) is 487 cm³/mol. The number of unbranched alkanes of at least 4 members (excludes halogenated alkanes) is 54. The lowest BCUT2D eigenvalue weighted by Gasteiger charge is -2.14. The Morgan fingerprint density at radius 3 is 0.479 bits per heavy atom. The second-order valence-electron chi connectivity index (χ2n) is 33.7. The van der Waals surface area contributed by atoms with Crippen LogP contribution in [0.2, 0.25) is 0 Å². The van der Waals surface area contributed by atoms with Crippen LogP contribution in [-0.2, 0) is 0 Å². The number of hydrogen-bond acceptors (Lipinski definition) is 15. The third-order valence-corrected chi connectivity index (χ3v) is 23.1. The molecule has 7 aromatic rings. The smallest absolute Gasteiger partial charge is 0.248 e. The summed E-state index contributed by atoms with van der Waals surface area (Å²) in [7, 11) is 0. The number of rotatable bonds is 78. The second-order valence-corrected chi connectivity index (χ2v) is 33.7. The maximum atomic E-state index is 6.72. The van der Waals surface area contributed by atoms with Crippen LogP contribution in [0.4, 0.5) is 0 Å². The van der Waals surface area contributed by atoms with Crippen LogP contribution < -0.4 is 28.4 Å². The number of nitrogens with zero attached hydrogens (tertiary/aromatic N) is 6. The molecular weight excluding hydrogens is 1450 g/mol. The largest absolute Gasteiger partial charge is 0.490 e. The highest BCUT2D eigenvalue weighted by Gasteiger charge is 2.23. The van der Waals surface area contributed by atoms with E-state index in [4.69, 9.17) is 72.3 Å². The van der Waals surface area contributed by atoms with Gasteiger partial charge < -0.3 is 41.7 Å². The fourth-order valence-electron chi connectivity index (χ4n) is 15.6. The molecule has 15 heteroatoms. The fraction of sp³-hybridized carbons (Fsp3) is 0.706. The molecule has 0 saturated heterocycles. The zero-order valence-electron chi connectivity index (χ0n) is 75.0. The van der Waals surface area contributed by atoms with Gasteiger partial charge in [0, 0.05) is 33.4 Å². The Morgan fingerprint density at radius 2 is 0.308 bits per heavy atom. The molecule has 0 radical (unpaired) electrons. The molecular formula is C102H162N6O9. The van der Waals surface area contributed by atoms with Crippen LogP contribution in [-0.4, -0.2) is 70.2 Å². The van der Waals surface area contributed by atoms with Crippen molar-refractivity contribution in [2.75, 3.05) is 39.6 Å². The normalized spacial score (nSPS) is 11.5. The minimum Gasteiger partial charge on any atom is -0.490 e. The zero-order valence-corrected chi connectivity index (χ0v) is 75.0.